The van der Waals surface area contributed by atoms with E-state index in [1.807, 2.05) is 12.4 Å². The zero-order valence-corrected chi connectivity index (χ0v) is 11.2. The standard InChI is InChI=1S/C9H12BrN5S/c1-7(9-12-6-8(10)16-9)11-2-4-15-5-3-13-14-15/h3,5-7,11H,2,4H2,1H3. The van der Waals surface area contributed by atoms with Crippen LogP contribution in [0.4, 0.5) is 0 Å². The van der Waals surface area contributed by atoms with Crippen LogP contribution in [0.25, 0.3) is 0 Å². The smallest absolute Gasteiger partial charge is 0.110 e. The van der Waals surface area contributed by atoms with Gasteiger partial charge in [0.15, 0.2) is 0 Å². The molecule has 0 saturated carbocycles. The number of nitrogens with one attached hydrogen (secondary N) is 1. The minimum absolute atomic E-state index is 0.264. The Hall–Kier alpha value is -0.790. The van der Waals surface area contributed by atoms with Gasteiger partial charge in [-0.3, -0.25) is 4.68 Å². The molecule has 1 atom stereocenters. The number of thiazole rings is 1. The van der Waals surface area contributed by atoms with E-state index in [-0.39, 0.29) is 6.04 Å². The molecule has 0 spiro atoms. The SMILES string of the molecule is CC(NCCn1ccnn1)c1ncc(Br)s1. The molecular formula is C9H12BrN5S. The fourth-order valence-electron chi connectivity index (χ4n) is 1.30. The van der Waals surface area contributed by atoms with Gasteiger partial charge in [-0.1, -0.05) is 5.21 Å². The molecule has 0 fully saturated rings. The average Bonchev–Trinajstić information content (AvgIpc) is 2.89. The van der Waals surface area contributed by atoms with Crippen molar-refractivity contribution in [1.82, 2.24) is 25.3 Å². The molecule has 0 aliphatic carbocycles. The molecule has 0 saturated heterocycles. The van der Waals surface area contributed by atoms with Gasteiger partial charge in [0, 0.05) is 12.7 Å². The Morgan fingerprint density at radius 2 is 2.50 bits per heavy atom. The predicted octanol–water partition coefficient (Wildman–Crippen LogP) is 1.85. The first-order valence-corrected chi connectivity index (χ1v) is 6.55. The molecule has 0 aliphatic rings. The highest BCUT2D eigenvalue weighted by Gasteiger charge is 2.08. The lowest BCUT2D eigenvalue weighted by molar-refractivity contribution is 0.498. The lowest BCUT2D eigenvalue weighted by Gasteiger charge is -2.10. The fourth-order valence-corrected chi connectivity index (χ4v) is 2.57. The molecule has 1 N–H and O–H groups in total. The van der Waals surface area contributed by atoms with E-state index in [1.54, 1.807) is 22.2 Å². The van der Waals surface area contributed by atoms with Gasteiger partial charge in [0.05, 0.1) is 28.8 Å². The maximum absolute atomic E-state index is 4.31. The number of rotatable bonds is 5. The summed E-state index contributed by atoms with van der Waals surface area (Å²) in [6.07, 6.45) is 5.36. The van der Waals surface area contributed by atoms with Crippen LogP contribution in [0, 0.1) is 0 Å². The van der Waals surface area contributed by atoms with Crippen molar-refractivity contribution in [2.75, 3.05) is 6.54 Å². The van der Waals surface area contributed by atoms with Crippen LogP contribution in [0.15, 0.2) is 22.4 Å². The summed E-state index contributed by atoms with van der Waals surface area (Å²) in [7, 11) is 0. The normalized spacial score (nSPS) is 12.9. The van der Waals surface area contributed by atoms with E-state index in [0.717, 1.165) is 21.9 Å². The van der Waals surface area contributed by atoms with Crippen molar-refractivity contribution >= 4 is 27.3 Å². The largest absolute Gasteiger partial charge is 0.306 e. The van der Waals surface area contributed by atoms with Crippen molar-refractivity contribution in [3.05, 3.63) is 27.4 Å². The van der Waals surface area contributed by atoms with Crippen molar-refractivity contribution in [2.45, 2.75) is 19.5 Å². The second-order valence-electron chi connectivity index (χ2n) is 3.34. The van der Waals surface area contributed by atoms with Crippen LogP contribution in [0.1, 0.15) is 18.0 Å². The number of nitrogens with zero attached hydrogens (tertiary/aromatic N) is 4. The molecule has 7 heteroatoms. The van der Waals surface area contributed by atoms with Crippen LogP contribution in [0.2, 0.25) is 0 Å². The van der Waals surface area contributed by atoms with E-state index in [2.05, 4.69) is 43.5 Å². The van der Waals surface area contributed by atoms with E-state index in [9.17, 15) is 0 Å². The Labute approximate surface area is 106 Å². The first-order valence-electron chi connectivity index (χ1n) is 4.94. The summed E-state index contributed by atoms with van der Waals surface area (Å²) in [5.74, 6) is 0. The van der Waals surface area contributed by atoms with Crippen LogP contribution >= 0.6 is 27.3 Å². The van der Waals surface area contributed by atoms with Crippen molar-refractivity contribution in [3.8, 4) is 0 Å². The third kappa shape index (κ3) is 3.10. The van der Waals surface area contributed by atoms with Gasteiger partial charge in [0.1, 0.15) is 5.01 Å². The van der Waals surface area contributed by atoms with Gasteiger partial charge < -0.3 is 5.32 Å². The topological polar surface area (TPSA) is 55.6 Å². The summed E-state index contributed by atoms with van der Waals surface area (Å²) in [5, 5.41) is 12.1. The molecule has 2 heterocycles. The van der Waals surface area contributed by atoms with Gasteiger partial charge in [-0.15, -0.1) is 16.4 Å². The predicted molar refractivity (Wildman–Crippen MR) is 66.3 cm³/mol. The molecule has 2 aromatic heterocycles. The molecule has 0 radical (unpaired) electrons. The number of hydrogen-bond donors (Lipinski definition) is 1. The Morgan fingerprint density at radius 3 is 3.12 bits per heavy atom. The second kappa shape index (κ2) is 5.51. The lowest BCUT2D eigenvalue weighted by Crippen LogP contribution is -2.23. The minimum Gasteiger partial charge on any atom is -0.306 e. The molecular weight excluding hydrogens is 290 g/mol. The average molecular weight is 302 g/mol. The quantitative estimate of drug-likeness (QED) is 0.916. The molecule has 2 rings (SSSR count). The summed E-state index contributed by atoms with van der Waals surface area (Å²) < 4.78 is 2.87. The van der Waals surface area contributed by atoms with Gasteiger partial charge in [0.2, 0.25) is 0 Å². The number of halogens is 1. The van der Waals surface area contributed by atoms with Gasteiger partial charge in [-0.2, -0.15) is 0 Å². The second-order valence-corrected chi connectivity index (χ2v) is 5.79. The van der Waals surface area contributed by atoms with E-state index in [4.69, 9.17) is 0 Å². The van der Waals surface area contributed by atoms with Crippen molar-refractivity contribution in [3.63, 3.8) is 0 Å². The highest BCUT2D eigenvalue weighted by Crippen LogP contribution is 2.23. The number of hydrogen-bond acceptors (Lipinski definition) is 5. The first kappa shape index (κ1) is 11.7. The summed E-state index contributed by atoms with van der Waals surface area (Å²) in [4.78, 5) is 4.31. The summed E-state index contributed by atoms with van der Waals surface area (Å²) in [5.41, 5.74) is 0. The van der Waals surface area contributed by atoms with E-state index in [0.29, 0.717) is 0 Å². The van der Waals surface area contributed by atoms with Gasteiger partial charge in [0.25, 0.3) is 0 Å². The molecule has 16 heavy (non-hydrogen) atoms. The highest BCUT2D eigenvalue weighted by molar-refractivity contribution is 9.11. The summed E-state index contributed by atoms with van der Waals surface area (Å²) in [6.45, 7) is 3.77. The third-order valence-electron chi connectivity index (χ3n) is 2.13. The van der Waals surface area contributed by atoms with Gasteiger partial charge in [-0.25, -0.2) is 4.98 Å². The van der Waals surface area contributed by atoms with E-state index < -0.39 is 0 Å². The lowest BCUT2D eigenvalue weighted by atomic mass is 10.3. The first-order chi connectivity index (χ1) is 7.75. The van der Waals surface area contributed by atoms with E-state index >= 15 is 0 Å². The molecule has 0 amide bonds. The van der Waals surface area contributed by atoms with E-state index in [1.165, 1.54) is 0 Å². The van der Waals surface area contributed by atoms with Gasteiger partial charge in [-0.05, 0) is 22.9 Å². The number of aromatic nitrogens is 4. The summed E-state index contributed by atoms with van der Waals surface area (Å²) in [6, 6.07) is 0.264. The molecule has 5 nitrogen and oxygen atoms in total. The van der Waals surface area contributed by atoms with Crippen molar-refractivity contribution in [2.24, 2.45) is 0 Å². The van der Waals surface area contributed by atoms with Crippen molar-refractivity contribution in [1.29, 1.82) is 0 Å². The minimum atomic E-state index is 0.264. The van der Waals surface area contributed by atoms with Crippen LogP contribution in [-0.2, 0) is 6.54 Å². The highest BCUT2D eigenvalue weighted by atomic mass is 79.9. The van der Waals surface area contributed by atoms with Gasteiger partial charge >= 0.3 is 0 Å². The molecule has 2 aromatic rings. The molecule has 1 unspecified atom stereocenters. The molecule has 0 aromatic carbocycles. The van der Waals surface area contributed by atoms with Crippen molar-refractivity contribution < 1.29 is 0 Å². The van der Waals surface area contributed by atoms with Crippen LogP contribution in [0.3, 0.4) is 0 Å². The fraction of sp³-hybridized carbons (Fsp3) is 0.444. The summed E-state index contributed by atoms with van der Waals surface area (Å²) >= 11 is 5.06. The molecule has 0 aliphatic heterocycles. The Balaban J connectivity index is 1.78. The maximum atomic E-state index is 4.31. The Bertz CT molecular complexity index is 427. The Kier molecular flexibility index (Phi) is 4.03. The zero-order valence-electron chi connectivity index (χ0n) is 8.80. The van der Waals surface area contributed by atoms with Crippen LogP contribution < -0.4 is 5.32 Å². The van der Waals surface area contributed by atoms with Crippen LogP contribution in [-0.4, -0.2) is 26.5 Å². The zero-order chi connectivity index (χ0) is 11.4. The maximum Gasteiger partial charge on any atom is 0.110 e. The molecule has 0 bridgehead atoms. The molecule has 86 valence electrons. The Morgan fingerprint density at radius 1 is 1.62 bits per heavy atom. The monoisotopic (exact) mass is 301 g/mol. The van der Waals surface area contributed by atoms with Crippen LogP contribution in [0.5, 0.6) is 0 Å². The third-order valence-corrected chi connectivity index (χ3v) is 3.79.